The lowest BCUT2D eigenvalue weighted by Crippen LogP contribution is -2.31. The Labute approximate surface area is 100 Å². The highest BCUT2D eigenvalue weighted by atomic mass is 32.2. The van der Waals surface area contributed by atoms with Crippen molar-refractivity contribution in [2.24, 2.45) is 0 Å². The predicted molar refractivity (Wildman–Crippen MR) is 62.2 cm³/mol. The molecular weight excluding hydrogens is 244 g/mol. The van der Waals surface area contributed by atoms with E-state index in [1.165, 1.54) is 19.2 Å². The minimum absolute atomic E-state index is 0.0111. The fourth-order valence-corrected chi connectivity index (χ4v) is 1.73. The van der Waals surface area contributed by atoms with E-state index >= 15 is 0 Å². The Hall–Kier alpha value is -1.34. The lowest BCUT2D eigenvalue weighted by Gasteiger charge is -2.09. The number of hydrogen-bond acceptors (Lipinski definition) is 4. The van der Waals surface area contributed by atoms with Crippen LogP contribution in [0.15, 0.2) is 21.6 Å². The molecule has 0 spiro atoms. The van der Waals surface area contributed by atoms with E-state index in [1.54, 1.807) is 0 Å². The molecule has 0 bridgehead atoms. The molecule has 0 aromatic carbocycles. The van der Waals surface area contributed by atoms with E-state index in [2.05, 4.69) is 10.0 Å². The van der Waals surface area contributed by atoms with E-state index in [9.17, 15) is 13.2 Å². The zero-order chi connectivity index (χ0) is 13.1. The molecule has 0 aliphatic heterocycles. The molecule has 2 N–H and O–H groups in total. The fourth-order valence-electron chi connectivity index (χ4n) is 1.08. The standard InChI is InChI=1S/C10H16N2O4S/c1-4-7(2)12-10(13)8-5-6-9(16-8)17(14,15)11-3/h5-7,11H,4H2,1-3H3,(H,12,13)/t7-/m1/s1. The summed E-state index contributed by atoms with van der Waals surface area (Å²) in [6, 6.07) is 2.59. The van der Waals surface area contributed by atoms with Crippen molar-refractivity contribution in [1.29, 1.82) is 0 Å². The highest BCUT2D eigenvalue weighted by Crippen LogP contribution is 2.13. The summed E-state index contributed by atoms with van der Waals surface area (Å²) in [6.07, 6.45) is 0.786. The number of rotatable bonds is 5. The molecule has 0 radical (unpaired) electrons. The number of amides is 1. The van der Waals surface area contributed by atoms with E-state index in [0.29, 0.717) is 0 Å². The number of nitrogens with one attached hydrogen (secondary N) is 2. The summed E-state index contributed by atoms with van der Waals surface area (Å²) in [5.74, 6) is -0.434. The summed E-state index contributed by atoms with van der Waals surface area (Å²) in [7, 11) is -2.37. The third-order valence-corrected chi connectivity index (χ3v) is 3.62. The molecule has 0 unspecified atom stereocenters. The van der Waals surface area contributed by atoms with Gasteiger partial charge in [0.05, 0.1) is 0 Å². The van der Waals surface area contributed by atoms with Gasteiger partial charge in [0.1, 0.15) is 0 Å². The summed E-state index contributed by atoms with van der Waals surface area (Å²) in [6.45, 7) is 3.79. The van der Waals surface area contributed by atoms with Crippen LogP contribution in [0, 0.1) is 0 Å². The van der Waals surface area contributed by atoms with Gasteiger partial charge in [0, 0.05) is 6.04 Å². The minimum atomic E-state index is -3.64. The molecule has 6 nitrogen and oxygen atoms in total. The third kappa shape index (κ3) is 3.31. The van der Waals surface area contributed by atoms with Gasteiger partial charge in [-0.3, -0.25) is 4.79 Å². The van der Waals surface area contributed by atoms with Crippen LogP contribution in [0.3, 0.4) is 0 Å². The van der Waals surface area contributed by atoms with Crippen LogP contribution in [0.2, 0.25) is 0 Å². The van der Waals surface area contributed by atoms with Crippen molar-refractivity contribution < 1.29 is 17.6 Å². The zero-order valence-corrected chi connectivity index (χ0v) is 10.8. The maximum absolute atomic E-state index is 11.6. The number of carbonyl (C=O) groups excluding carboxylic acids is 1. The first-order valence-corrected chi connectivity index (χ1v) is 6.73. The quantitative estimate of drug-likeness (QED) is 0.816. The molecule has 1 aromatic heterocycles. The highest BCUT2D eigenvalue weighted by molar-refractivity contribution is 7.89. The van der Waals surface area contributed by atoms with E-state index in [0.717, 1.165) is 6.42 Å². The van der Waals surface area contributed by atoms with Crippen molar-refractivity contribution in [2.75, 3.05) is 7.05 Å². The van der Waals surface area contributed by atoms with E-state index in [-0.39, 0.29) is 16.9 Å². The van der Waals surface area contributed by atoms with Gasteiger partial charge in [-0.1, -0.05) is 6.92 Å². The molecule has 0 aliphatic rings. The van der Waals surface area contributed by atoms with E-state index in [1.807, 2.05) is 13.8 Å². The maximum Gasteiger partial charge on any atom is 0.287 e. The van der Waals surface area contributed by atoms with Crippen LogP contribution in [-0.4, -0.2) is 27.4 Å². The second kappa shape index (κ2) is 5.33. The molecule has 0 aliphatic carbocycles. The van der Waals surface area contributed by atoms with E-state index < -0.39 is 15.9 Å². The molecule has 96 valence electrons. The first-order chi connectivity index (χ1) is 7.90. The van der Waals surface area contributed by atoms with Gasteiger partial charge in [0.15, 0.2) is 5.76 Å². The average Bonchev–Trinajstić information content (AvgIpc) is 2.78. The van der Waals surface area contributed by atoms with Crippen molar-refractivity contribution in [3.05, 3.63) is 17.9 Å². The van der Waals surface area contributed by atoms with Crippen molar-refractivity contribution in [2.45, 2.75) is 31.4 Å². The summed E-state index contributed by atoms with van der Waals surface area (Å²) in [4.78, 5) is 11.6. The molecule has 0 saturated carbocycles. The largest absolute Gasteiger partial charge is 0.438 e. The van der Waals surface area contributed by atoms with Gasteiger partial charge in [0.25, 0.3) is 15.9 Å². The predicted octanol–water partition coefficient (Wildman–Crippen LogP) is 0.716. The molecule has 1 heterocycles. The second-order valence-corrected chi connectivity index (χ2v) is 5.43. The number of furan rings is 1. The Morgan fingerprint density at radius 1 is 1.47 bits per heavy atom. The number of carbonyl (C=O) groups is 1. The SMILES string of the molecule is CC[C@@H](C)NC(=O)c1ccc(S(=O)(=O)NC)o1. The van der Waals surface area contributed by atoms with Crippen molar-refractivity contribution in [3.63, 3.8) is 0 Å². The molecule has 17 heavy (non-hydrogen) atoms. The Balaban J connectivity index is 2.85. The molecule has 0 fully saturated rings. The summed E-state index contributed by atoms with van der Waals surface area (Å²) < 4.78 is 29.8. The zero-order valence-electron chi connectivity index (χ0n) is 9.98. The fraction of sp³-hybridized carbons (Fsp3) is 0.500. The van der Waals surface area contributed by atoms with Gasteiger partial charge in [0.2, 0.25) is 5.09 Å². The smallest absolute Gasteiger partial charge is 0.287 e. The second-order valence-electron chi connectivity index (χ2n) is 3.61. The maximum atomic E-state index is 11.6. The summed E-state index contributed by atoms with van der Waals surface area (Å²) >= 11 is 0. The van der Waals surface area contributed by atoms with Crippen molar-refractivity contribution in [1.82, 2.24) is 10.0 Å². The molecule has 7 heteroatoms. The molecule has 0 saturated heterocycles. The average molecular weight is 260 g/mol. The van der Waals surface area contributed by atoms with Crippen molar-refractivity contribution >= 4 is 15.9 Å². The van der Waals surface area contributed by atoms with Gasteiger partial charge >= 0.3 is 0 Å². The minimum Gasteiger partial charge on any atom is -0.438 e. The summed E-state index contributed by atoms with van der Waals surface area (Å²) in [5, 5.41) is 2.41. The first kappa shape index (κ1) is 13.7. The van der Waals surface area contributed by atoms with Crippen LogP contribution >= 0.6 is 0 Å². The van der Waals surface area contributed by atoms with Crippen LogP contribution < -0.4 is 10.0 Å². The van der Waals surface area contributed by atoms with Gasteiger partial charge < -0.3 is 9.73 Å². The highest BCUT2D eigenvalue weighted by Gasteiger charge is 2.19. The van der Waals surface area contributed by atoms with Crippen LogP contribution in [-0.2, 0) is 10.0 Å². The third-order valence-electron chi connectivity index (χ3n) is 2.33. The Kier molecular flexibility index (Phi) is 4.30. The monoisotopic (exact) mass is 260 g/mol. The molecular formula is C10H16N2O4S. The Bertz CT molecular complexity index is 492. The van der Waals surface area contributed by atoms with Crippen LogP contribution in [0.4, 0.5) is 0 Å². The van der Waals surface area contributed by atoms with E-state index in [4.69, 9.17) is 4.42 Å². The van der Waals surface area contributed by atoms with Gasteiger partial charge in [-0.2, -0.15) is 0 Å². The van der Waals surface area contributed by atoms with Crippen LogP contribution in [0.25, 0.3) is 0 Å². The Morgan fingerprint density at radius 3 is 2.65 bits per heavy atom. The van der Waals surface area contributed by atoms with Crippen LogP contribution in [0.5, 0.6) is 0 Å². The summed E-state index contributed by atoms with van der Waals surface area (Å²) in [5.41, 5.74) is 0. The Morgan fingerprint density at radius 2 is 2.12 bits per heavy atom. The number of hydrogen-bond donors (Lipinski definition) is 2. The normalized spacial score (nSPS) is 13.4. The van der Waals surface area contributed by atoms with Gasteiger partial charge in [-0.25, -0.2) is 13.1 Å². The molecule has 1 atom stereocenters. The molecule has 1 rings (SSSR count). The lowest BCUT2D eigenvalue weighted by molar-refractivity contribution is 0.0906. The van der Waals surface area contributed by atoms with Crippen LogP contribution in [0.1, 0.15) is 30.8 Å². The van der Waals surface area contributed by atoms with Crippen molar-refractivity contribution in [3.8, 4) is 0 Å². The topological polar surface area (TPSA) is 88.4 Å². The molecule has 1 aromatic rings. The lowest BCUT2D eigenvalue weighted by atomic mass is 10.2. The first-order valence-electron chi connectivity index (χ1n) is 5.25. The van der Waals surface area contributed by atoms with Gasteiger partial charge in [-0.15, -0.1) is 0 Å². The number of sulfonamides is 1. The van der Waals surface area contributed by atoms with Gasteiger partial charge in [-0.05, 0) is 32.5 Å². The molecule has 1 amide bonds.